The fourth-order valence-corrected chi connectivity index (χ4v) is 10.3. The van der Waals surface area contributed by atoms with Gasteiger partial charge >= 0.3 is 0 Å². The van der Waals surface area contributed by atoms with Gasteiger partial charge in [0.2, 0.25) is 5.95 Å². The average Bonchev–Trinajstić information content (AvgIpc) is 3.92. The van der Waals surface area contributed by atoms with Gasteiger partial charge in [-0.3, -0.25) is 4.57 Å². The predicted molar refractivity (Wildman–Crippen MR) is 263 cm³/mol. The van der Waals surface area contributed by atoms with Crippen LogP contribution in [-0.2, 0) is 0 Å². The number of nitrogens with zero attached hydrogens (tertiary/aromatic N) is 4. The number of hydrogen-bond donors (Lipinski definition) is 0. The first-order chi connectivity index (χ1) is 30.8. The van der Waals surface area contributed by atoms with Gasteiger partial charge in [0.1, 0.15) is 0 Å². The zero-order chi connectivity index (χ0) is 41.6. The minimum absolute atomic E-state index is 0.573. The van der Waals surface area contributed by atoms with Crippen molar-refractivity contribution in [3.63, 3.8) is 0 Å². The summed E-state index contributed by atoms with van der Waals surface area (Å²) in [6.07, 6.45) is 0. The van der Waals surface area contributed by atoms with Crippen LogP contribution in [0.5, 0.6) is 0 Å². The number of fused-ring (bicyclic) bond motifs is 8. The molecule has 0 spiro atoms. The van der Waals surface area contributed by atoms with Gasteiger partial charge in [-0.25, -0.2) is 4.98 Å². The van der Waals surface area contributed by atoms with Crippen molar-refractivity contribution in [3.05, 3.63) is 206 Å². The second kappa shape index (κ2) is 15.7. The van der Waals surface area contributed by atoms with E-state index in [0.717, 1.165) is 38.7 Å². The van der Waals surface area contributed by atoms with Crippen LogP contribution in [0.1, 0.15) is 13.8 Å². The van der Waals surface area contributed by atoms with E-state index in [4.69, 9.17) is 15.0 Å². The summed E-state index contributed by atoms with van der Waals surface area (Å²) in [5.41, 5.74) is 11.0. The summed E-state index contributed by atoms with van der Waals surface area (Å²) in [5, 5.41) is 7.23. The van der Waals surface area contributed by atoms with E-state index >= 15 is 0 Å². The normalized spacial score (nSPS) is 11.4. The van der Waals surface area contributed by atoms with E-state index in [1.807, 2.05) is 49.4 Å². The quantitative estimate of drug-likeness (QED) is 0.168. The minimum Gasteiger partial charge on any atom is -0.277 e. The number of hydrogen-bond acceptors (Lipinski definition) is 4. The Kier molecular flexibility index (Phi) is 9.44. The van der Waals surface area contributed by atoms with E-state index in [1.165, 1.54) is 58.6 Å². The molecule has 0 bridgehead atoms. The van der Waals surface area contributed by atoms with Crippen LogP contribution in [0, 0.1) is 0 Å². The van der Waals surface area contributed by atoms with Crippen LogP contribution >= 0.6 is 11.3 Å². The topological polar surface area (TPSA) is 43.6 Å². The number of aromatic nitrogens is 4. The van der Waals surface area contributed by atoms with Gasteiger partial charge < -0.3 is 0 Å². The molecule has 3 heterocycles. The van der Waals surface area contributed by atoms with Gasteiger partial charge in [0.25, 0.3) is 0 Å². The third-order valence-electron chi connectivity index (χ3n) is 11.7. The number of thiophene rings is 1. The van der Waals surface area contributed by atoms with Gasteiger partial charge in [-0.1, -0.05) is 214 Å². The number of rotatable bonds is 6. The van der Waals surface area contributed by atoms with Gasteiger partial charge in [-0.15, -0.1) is 11.3 Å². The van der Waals surface area contributed by atoms with Crippen molar-refractivity contribution >= 4 is 64.1 Å². The Labute approximate surface area is 364 Å². The van der Waals surface area contributed by atoms with Gasteiger partial charge in [0.15, 0.2) is 11.6 Å². The van der Waals surface area contributed by atoms with Crippen molar-refractivity contribution in [2.75, 3.05) is 0 Å². The Morgan fingerprint density at radius 2 is 0.839 bits per heavy atom. The molecule has 0 aliphatic carbocycles. The average molecular weight is 813 g/mol. The predicted octanol–water partition coefficient (Wildman–Crippen LogP) is 15.9. The van der Waals surface area contributed by atoms with Gasteiger partial charge in [-0.05, 0) is 39.1 Å². The molecule has 0 aliphatic rings. The molecule has 12 rings (SSSR count). The lowest BCUT2D eigenvalue weighted by Crippen LogP contribution is -2.07. The molecule has 4 nitrogen and oxygen atoms in total. The highest BCUT2D eigenvalue weighted by Gasteiger charge is 2.23. The zero-order valence-corrected chi connectivity index (χ0v) is 35.1. The number of para-hydroxylation sites is 1. The first kappa shape index (κ1) is 37.3. The molecule has 0 saturated heterocycles. The molecule has 0 amide bonds. The molecule has 0 aliphatic heterocycles. The highest BCUT2D eigenvalue weighted by atomic mass is 32.1. The van der Waals surface area contributed by atoms with Crippen molar-refractivity contribution in [3.8, 4) is 62.1 Å². The van der Waals surface area contributed by atoms with Crippen molar-refractivity contribution < 1.29 is 0 Å². The van der Waals surface area contributed by atoms with E-state index in [1.54, 1.807) is 0 Å². The lowest BCUT2D eigenvalue weighted by Gasteiger charge is -2.13. The molecule has 9 aromatic carbocycles. The Bertz CT molecular complexity index is 3570. The monoisotopic (exact) mass is 812 g/mol. The standard InChI is InChI=1S/C55H34N4S.C2H6/c1-4-15-35(16-5-1)36-29-31-40(32-30-36)54-56-53(39-20-8-3-9-21-39)57-55(58-54)59-48-34-33-38-19-10-11-22-41(38)49(48)47-28-13-24-43(50(47)59)44-25-14-27-46-45-26-12-23-42(51(45)60-52(44)46)37-17-6-2-7-18-37;1-2/h1-34H;1-2H3. The molecule has 0 atom stereocenters. The van der Waals surface area contributed by atoms with Gasteiger partial charge in [0.05, 0.1) is 11.0 Å². The molecule has 0 unspecified atom stereocenters. The largest absolute Gasteiger partial charge is 0.277 e. The molecule has 12 aromatic rings. The SMILES string of the molecule is CC.c1ccc(-c2ccc(-c3nc(-c4ccccc4)nc(-n4c5ccc6ccccc6c5c5cccc(-c6cccc7c6sc6c(-c8ccccc8)cccc67)c54)n3)cc2)cc1. The first-order valence-corrected chi connectivity index (χ1v) is 22.0. The van der Waals surface area contributed by atoms with E-state index < -0.39 is 0 Å². The third kappa shape index (κ3) is 6.25. The van der Waals surface area contributed by atoms with E-state index in [9.17, 15) is 0 Å². The van der Waals surface area contributed by atoms with Crippen LogP contribution in [0.2, 0.25) is 0 Å². The van der Waals surface area contributed by atoms with Crippen molar-refractivity contribution in [2.24, 2.45) is 0 Å². The summed E-state index contributed by atoms with van der Waals surface area (Å²) in [6, 6.07) is 73.2. The summed E-state index contributed by atoms with van der Waals surface area (Å²) in [5.74, 6) is 1.81. The minimum atomic E-state index is 0.573. The maximum Gasteiger partial charge on any atom is 0.238 e. The third-order valence-corrected chi connectivity index (χ3v) is 13.0. The molecule has 0 saturated carbocycles. The van der Waals surface area contributed by atoms with Crippen LogP contribution in [0.4, 0.5) is 0 Å². The Morgan fingerprint density at radius 1 is 0.355 bits per heavy atom. The molecule has 0 N–H and O–H groups in total. The fraction of sp³-hybridized carbons (Fsp3) is 0.0351. The second-order valence-electron chi connectivity index (χ2n) is 15.1. The fourth-order valence-electron chi connectivity index (χ4n) is 8.89. The van der Waals surface area contributed by atoms with Gasteiger partial charge in [0, 0.05) is 53.2 Å². The molecule has 0 fully saturated rings. The summed E-state index contributed by atoms with van der Waals surface area (Å²) in [7, 11) is 0. The summed E-state index contributed by atoms with van der Waals surface area (Å²) >= 11 is 1.87. The Balaban J connectivity index is 0.00000213. The summed E-state index contributed by atoms with van der Waals surface area (Å²) in [4.78, 5) is 15.9. The second-order valence-corrected chi connectivity index (χ2v) is 16.2. The summed E-state index contributed by atoms with van der Waals surface area (Å²) < 4.78 is 4.83. The molecule has 62 heavy (non-hydrogen) atoms. The lowest BCUT2D eigenvalue weighted by atomic mass is 9.98. The first-order valence-electron chi connectivity index (χ1n) is 21.2. The van der Waals surface area contributed by atoms with Crippen molar-refractivity contribution in [1.82, 2.24) is 19.5 Å². The van der Waals surface area contributed by atoms with Crippen LogP contribution in [0.3, 0.4) is 0 Å². The Morgan fingerprint density at radius 3 is 1.52 bits per heavy atom. The number of benzene rings is 9. The molecular formula is C57H40N4S. The molecule has 3 aromatic heterocycles. The van der Waals surface area contributed by atoms with Crippen LogP contribution in [-0.4, -0.2) is 19.5 Å². The highest BCUT2D eigenvalue weighted by Crippen LogP contribution is 2.47. The van der Waals surface area contributed by atoms with Gasteiger partial charge in [-0.2, -0.15) is 9.97 Å². The van der Waals surface area contributed by atoms with Crippen molar-refractivity contribution in [1.29, 1.82) is 0 Å². The molecule has 0 radical (unpaired) electrons. The van der Waals surface area contributed by atoms with Crippen LogP contribution < -0.4 is 0 Å². The maximum atomic E-state index is 5.37. The van der Waals surface area contributed by atoms with E-state index in [-0.39, 0.29) is 0 Å². The van der Waals surface area contributed by atoms with Crippen LogP contribution in [0.25, 0.3) is 115 Å². The molecule has 5 heteroatoms. The van der Waals surface area contributed by atoms with E-state index in [2.05, 4.69) is 187 Å². The summed E-state index contributed by atoms with van der Waals surface area (Å²) in [6.45, 7) is 4.00. The lowest BCUT2D eigenvalue weighted by molar-refractivity contribution is 0.954. The molecule has 294 valence electrons. The van der Waals surface area contributed by atoms with Crippen LogP contribution in [0.15, 0.2) is 206 Å². The Hall–Kier alpha value is -7.73. The van der Waals surface area contributed by atoms with E-state index in [0.29, 0.717) is 17.6 Å². The maximum absolute atomic E-state index is 5.37. The molecular weight excluding hydrogens is 773 g/mol. The van der Waals surface area contributed by atoms with Crippen molar-refractivity contribution in [2.45, 2.75) is 13.8 Å². The smallest absolute Gasteiger partial charge is 0.238 e. The zero-order valence-electron chi connectivity index (χ0n) is 34.3. The highest BCUT2D eigenvalue weighted by molar-refractivity contribution is 7.26.